The van der Waals surface area contributed by atoms with Gasteiger partial charge in [-0.2, -0.15) is 0 Å². The number of thiazole rings is 2. The third-order valence-corrected chi connectivity index (χ3v) is 4.42. The summed E-state index contributed by atoms with van der Waals surface area (Å²) in [5, 5.41) is 9.39. The van der Waals surface area contributed by atoms with Crippen LogP contribution in [0.2, 0.25) is 0 Å². The minimum Gasteiger partial charge on any atom is -0.361 e. The number of hydrogen-bond donors (Lipinski definition) is 1. The first kappa shape index (κ1) is 11.0. The van der Waals surface area contributed by atoms with Crippen LogP contribution < -0.4 is 5.32 Å². The van der Waals surface area contributed by atoms with Gasteiger partial charge in [-0.05, 0) is 15.9 Å². The molecule has 0 fully saturated rings. The van der Waals surface area contributed by atoms with Gasteiger partial charge in [-0.3, -0.25) is 0 Å². The summed E-state index contributed by atoms with van der Waals surface area (Å²) >= 11 is 6.62. The second-order valence-corrected chi connectivity index (χ2v) is 5.72. The average molecular weight is 304 g/mol. The van der Waals surface area contributed by atoms with E-state index in [9.17, 15) is 0 Å². The highest BCUT2D eigenvalue weighted by Crippen LogP contribution is 2.22. The zero-order valence-corrected chi connectivity index (χ0v) is 11.3. The first-order chi connectivity index (χ1) is 7.25. The Morgan fingerprint density at radius 1 is 1.53 bits per heavy atom. The van der Waals surface area contributed by atoms with Crippen LogP contribution in [0.3, 0.4) is 0 Å². The highest BCUT2D eigenvalue weighted by atomic mass is 79.9. The van der Waals surface area contributed by atoms with E-state index in [4.69, 9.17) is 0 Å². The third-order valence-electron chi connectivity index (χ3n) is 1.91. The van der Waals surface area contributed by atoms with Gasteiger partial charge in [0, 0.05) is 29.4 Å². The molecule has 2 aromatic heterocycles. The molecule has 0 aliphatic carbocycles. The van der Waals surface area contributed by atoms with Crippen LogP contribution in [0, 0.1) is 0 Å². The number of halogens is 1. The molecule has 0 aliphatic heterocycles. The lowest BCUT2D eigenvalue weighted by Gasteiger charge is -2.08. The molecule has 1 N–H and O–H groups in total. The number of nitrogens with zero attached hydrogens (tertiary/aromatic N) is 2. The van der Waals surface area contributed by atoms with Crippen molar-refractivity contribution in [3.8, 4) is 0 Å². The molecule has 0 aliphatic rings. The highest BCUT2D eigenvalue weighted by Gasteiger charge is 2.08. The van der Waals surface area contributed by atoms with E-state index >= 15 is 0 Å². The van der Waals surface area contributed by atoms with E-state index in [1.807, 2.05) is 17.0 Å². The molecule has 2 aromatic rings. The molecule has 0 amide bonds. The first-order valence-corrected chi connectivity index (χ1v) is 7.05. The summed E-state index contributed by atoms with van der Waals surface area (Å²) < 4.78 is 0.886. The predicted molar refractivity (Wildman–Crippen MR) is 68.8 cm³/mol. The standard InChI is InChI=1S/C9H10BrN3S2/c1-6(8-11-2-3-14-8)4-12-9-13-7(10)5-15-9/h2-3,5-6H,4H2,1H3,(H,12,13). The van der Waals surface area contributed by atoms with Crippen LogP contribution in [-0.2, 0) is 0 Å². The molecule has 80 valence electrons. The molecule has 1 unspecified atom stereocenters. The Balaban J connectivity index is 1.88. The maximum absolute atomic E-state index is 4.29. The van der Waals surface area contributed by atoms with E-state index in [-0.39, 0.29) is 0 Å². The fourth-order valence-corrected chi connectivity index (χ4v) is 2.99. The third kappa shape index (κ3) is 2.99. The maximum atomic E-state index is 4.29. The van der Waals surface area contributed by atoms with Crippen LogP contribution in [0.5, 0.6) is 0 Å². The van der Waals surface area contributed by atoms with Crippen molar-refractivity contribution < 1.29 is 0 Å². The molecule has 0 radical (unpaired) electrons. The van der Waals surface area contributed by atoms with Gasteiger partial charge in [-0.1, -0.05) is 6.92 Å². The first-order valence-electron chi connectivity index (χ1n) is 4.50. The molecule has 0 aromatic carbocycles. The summed E-state index contributed by atoms with van der Waals surface area (Å²) in [6.07, 6.45) is 1.84. The summed E-state index contributed by atoms with van der Waals surface area (Å²) in [7, 11) is 0. The lowest BCUT2D eigenvalue weighted by Crippen LogP contribution is -2.09. The fourth-order valence-electron chi connectivity index (χ4n) is 1.14. The summed E-state index contributed by atoms with van der Waals surface area (Å²) in [6, 6.07) is 0. The molecular weight excluding hydrogens is 294 g/mol. The minimum absolute atomic E-state index is 0.424. The molecule has 0 bridgehead atoms. The molecule has 15 heavy (non-hydrogen) atoms. The second-order valence-electron chi connectivity index (χ2n) is 3.13. The predicted octanol–water partition coefficient (Wildman–Crippen LogP) is 3.58. The minimum atomic E-state index is 0.424. The highest BCUT2D eigenvalue weighted by molar-refractivity contribution is 9.10. The Morgan fingerprint density at radius 2 is 2.40 bits per heavy atom. The number of rotatable bonds is 4. The van der Waals surface area contributed by atoms with E-state index in [1.165, 1.54) is 0 Å². The van der Waals surface area contributed by atoms with Crippen molar-refractivity contribution in [3.05, 3.63) is 26.6 Å². The number of aromatic nitrogens is 2. The Hall–Kier alpha value is -0.460. The van der Waals surface area contributed by atoms with Crippen LogP contribution in [-0.4, -0.2) is 16.5 Å². The van der Waals surface area contributed by atoms with E-state index in [0.29, 0.717) is 5.92 Å². The van der Waals surface area contributed by atoms with Crippen molar-refractivity contribution in [2.45, 2.75) is 12.8 Å². The molecule has 2 heterocycles. The van der Waals surface area contributed by atoms with Gasteiger partial charge in [-0.25, -0.2) is 9.97 Å². The van der Waals surface area contributed by atoms with Gasteiger partial charge < -0.3 is 5.32 Å². The van der Waals surface area contributed by atoms with E-state index in [2.05, 4.69) is 38.1 Å². The van der Waals surface area contributed by atoms with Crippen molar-refractivity contribution in [1.82, 2.24) is 9.97 Å². The summed E-state index contributed by atoms with van der Waals surface area (Å²) in [4.78, 5) is 8.56. The molecule has 6 heteroatoms. The van der Waals surface area contributed by atoms with Crippen LogP contribution in [0.15, 0.2) is 21.6 Å². The van der Waals surface area contributed by atoms with Gasteiger partial charge in [-0.15, -0.1) is 22.7 Å². The lowest BCUT2D eigenvalue weighted by atomic mass is 10.2. The molecule has 1 atom stereocenters. The lowest BCUT2D eigenvalue weighted by molar-refractivity contribution is 0.794. The Labute approximate surface area is 105 Å². The van der Waals surface area contributed by atoms with Crippen LogP contribution >= 0.6 is 38.6 Å². The number of nitrogens with one attached hydrogen (secondary N) is 1. The zero-order valence-electron chi connectivity index (χ0n) is 8.11. The zero-order chi connectivity index (χ0) is 10.7. The van der Waals surface area contributed by atoms with Gasteiger partial charge in [0.05, 0.1) is 5.01 Å². The normalized spacial score (nSPS) is 12.7. The van der Waals surface area contributed by atoms with Crippen molar-refractivity contribution >= 4 is 43.7 Å². The Kier molecular flexibility index (Phi) is 3.71. The van der Waals surface area contributed by atoms with Crippen molar-refractivity contribution in [3.63, 3.8) is 0 Å². The molecule has 0 spiro atoms. The van der Waals surface area contributed by atoms with Crippen molar-refractivity contribution in [2.75, 3.05) is 11.9 Å². The van der Waals surface area contributed by atoms with E-state index in [1.54, 1.807) is 22.7 Å². The monoisotopic (exact) mass is 303 g/mol. The number of anilines is 1. The van der Waals surface area contributed by atoms with Gasteiger partial charge in [0.1, 0.15) is 4.60 Å². The molecule has 0 saturated heterocycles. The van der Waals surface area contributed by atoms with Gasteiger partial charge >= 0.3 is 0 Å². The molecular formula is C9H10BrN3S2. The SMILES string of the molecule is CC(CNc1nc(Br)cs1)c1nccs1. The fraction of sp³-hybridized carbons (Fsp3) is 0.333. The average Bonchev–Trinajstić information content (AvgIpc) is 2.84. The van der Waals surface area contributed by atoms with E-state index < -0.39 is 0 Å². The van der Waals surface area contributed by atoms with Gasteiger partial charge in [0.25, 0.3) is 0 Å². The largest absolute Gasteiger partial charge is 0.361 e. The topological polar surface area (TPSA) is 37.8 Å². The Morgan fingerprint density at radius 3 is 3.00 bits per heavy atom. The van der Waals surface area contributed by atoms with Crippen molar-refractivity contribution in [1.29, 1.82) is 0 Å². The Bertz CT molecular complexity index is 413. The number of hydrogen-bond acceptors (Lipinski definition) is 5. The van der Waals surface area contributed by atoms with Crippen molar-refractivity contribution in [2.24, 2.45) is 0 Å². The smallest absolute Gasteiger partial charge is 0.183 e. The van der Waals surface area contributed by atoms with Gasteiger partial charge in [0.2, 0.25) is 0 Å². The quantitative estimate of drug-likeness (QED) is 0.938. The molecule has 0 saturated carbocycles. The maximum Gasteiger partial charge on any atom is 0.183 e. The second kappa shape index (κ2) is 5.05. The van der Waals surface area contributed by atoms with E-state index in [0.717, 1.165) is 21.3 Å². The molecule has 3 nitrogen and oxygen atoms in total. The van der Waals surface area contributed by atoms with Gasteiger partial charge in [0.15, 0.2) is 5.13 Å². The van der Waals surface area contributed by atoms with Crippen LogP contribution in [0.1, 0.15) is 17.8 Å². The molecule has 2 rings (SSSR count). The summed E-state index contributed by atoms with van der Waals surface area (Å²) in [6.45, 7) is 3.03. The summed E-state index contributed by atoms with van der Waals surface area (Å²) in [5.74, 6) is 0.424. The summed E-state index contributed by atoms with van der Waals surface area (Å²) in [5.41, 5.74) is 0. The van der Waals surface area contributed by atoms with Crippen LogP contribution in [0.4, 0.5) is 5.13 Å². The van der Waals surface area contributed by atoms with Crippen LogP contribution in [0.25, 0.3) is 0 Å².